The first-order chi connectivity index (χ1) is 7.99. The lowest BCUT2D eigenvalue weighted by atomic mass is 9.97. The molecule has 0 aliphatic heterocycles. The highest BCUT2D eigenvalue weighted by Crippen LogP contribution is 2.32. The van der Waals surface area contributed by atoms with Crippen LogP contribution in [0.5, 0.6) is 11.5 Å². The zero-order valence-corrected chi connectivity index (χ0v) is 10.3. The molecule has 0 fully saturated rings. The van der Waals surface area contributed by atoms with Crippen LogP contribution in [0, 0.1) is 20.8 Å². The number of aromatic hydroxyl groups is 2. The first kappa shape index (κ1) is 11.5. The van der Waals surface area contributed by atoms with Gasteiger partial charge in [0.2, 0.25) is 0 Å². The van der Waals surface area contributed by atoms with Crippen LogP contribution < -0.4 is 0 Å². The van der Waals surface area contributed by atoms with Crippen LogP contribution in [0.2, 0.25) is 0 Å². The molecule has 2 aromatic carbocycles. The Kier molecular flexibility index (Phi) is 2.80. The molecule has 0 aliphatic carbocycles. The van der Waals surface area contributed by atoms with E-state index in [-0.39, 0.29) is 11.5 Å². The Morgan fingerprint density at radius 2 is 1.35 bits per heavy atom. The number of hydrogen-bond acceptors (Lipinski definition) is 2. The van der Waals surface area contributed by atoms with Crippen molar-refractivity contribution in [3.63, 3.8) is 0 Å². The molecular weight excluding hydrogens is 212 g/mol. The van der Waals surface area contributed by atoms with Gasteiger partial charge < -0.3 is 10.2 Å². The van der Waals surface area contributed by atoms with E-state index in [4.69, 9.17) is 0 Å². The number of phenolic OH excluding ortho intramolecular Hbond substituents is 2. The van der Waals surface area contributed by atoms with Gasteiger partial charge >= 0.3 is 0 Å². The second kappa shape index (κ2) is 4.13. The van der Waals surface area contributed by atoms with Crippen molar-refractivity contribution in [2.45, 2.75) is 20.8 Å². The van der Waals surface area contributed by atoms with Crippen molar-refractivity contribution < 1.29 is 10.2 Å². The Morgan fingerprint density at radius 3 is 2.00 bits per heavy atom. The molecule has 2 N–H and O–H groups in total. The maximum absolute atomic E-state index is 9.75. The number of hydrogen-bond donors (Lipinski definition) is 2. The average molecular weight is 228 g/mol. The molecule has 0 heterocycles. The van der Waals surface area contributed by atoms with Gasteiger partial charge in [-0.15, -0.1) is 0 Å². The highest BCUT2D eigenvalue weighted by molar-refractivity contribution is 5.71. The second-order valence-electron chi connectivity index (χ2n) is 4.45. The third-order valence-corrected chi connectivity index (χ3v) is 3.06. The first-order valence-electron chi connectivity index (χ1n) is 5.59. The minimum atomic E-state index is 0.280. The van der Waals surface area contributed by atoms with Gasteiger partial charge in [-0.1, -0.05) is 18.2 Å². The number of phenols is 2. The van der Waals surface area contributed by atoms with Gasteiger partial charge in [0.05, 0.1) is 0 Å². The summed E-state index contributed by atoms with van der Waals surface area (Å²) >= 11 is 0. The van der Waals surface area contributed by atoms with E-state index < -0.39 is 0 Å². The summed E-state index contributed by atoms with van der Waals surface area (Å²) in [6.45, 7) is 5.73. The number of benzene rings is 2. The minimum absolute atomic E-state index is 0.280. The number of rotatable bonds is 1. The van der Waals surface area contributed by atoms with Gasteiger partial charge in [0.1, 0.15) is 11.5 Å². The monoisotopic (exact) mass is 228 g/mol. The molecule has 0 radical (unpaired) electrons. The summed E-state index contributed by atoms with van der Waals surface area (Å²) in [4.78, 5) is 0. The fourth-order valence-corrected chi connectivity index (χ4v) is 1.93. The molecule has 0 aromatic heterocycles. The van der Waals surface area contributed by atoms with E-state index in [1.807, 2.05) is 39.0 Å². The summed E-state index contributed by atoms with van der Waals surface area (Å²) in [5, 5.41) is 19.5. The molecule has 0 aliphatic rings. The fraction of sp³-hybridized carbons (Fsp3) is 0.200. The van der Waals surface area contributed by atoms with Gasteiger partial charge in [-0.3, -0.25) is 0 Å². The standard InChI is InChI=1S/C15H16O2/c1-9-4-5-12(7-14(9)16)13-8-15(17)11(3)6-10(13)2/h4-8,16-17H,1-3H3. The summed E-state index contributed by atoms with van der Waals surface area (Å²) < 4.78 is 0. The second-order valence-corrected chi connectivity index (χ2v) is 4.45. The Morgan fingerprint density at radius 1 is 0.706 bits per heavy atom. The van der Waals surface area contributed by atoms with Crippen LogP contribution in [0.15, 0.2) is 30.3 Å². The Labute approximate surface area is 101 Å². The van der Waals surface area contributed by atoms with E-state index in [9.17, 15) is 10.2 Å². The largest absolute Gasteiger partial charge is 0.508 e. The third-order valence-electron chi connectivity index (χ3n) is 3.06. The van der Waals surface area contributed by atoms with Gasteiger partial charge in [-0.2, -0.15) is 0 Å². The van der Waals surface area contributed by atoms with Crippen LogP contribution in [0.1, 0.15) is 16.7 Å². The van der Waals surface area contributed by atoms with E-state index in [0.29, 0.717) is 0 Å². The maximum Gasteiger partial charge on any atom is 0.119 e. The minimum Gasteiger partial charge on any atom is -0.508 e. The first-order valence-corrected chi connectivity index (χ1v) is 5.59. The molecule has 0 spiro atoms. The van der Waals surface area contributed by atoms with Crippen molar-refractivity contribution >= 4 is 0 Å². The Balaban J connectivity index is 2.60. The molecule has 0 unspecified atom stereocenters. The van der Waals surface area contributed by atoms with Gasteiger partial charge in [0, 0.05) is 0 Å². The molecule has 0 saturated heterocycles. The molecule has 0 amide bonds. The molecule has 0 bridgehead atoms. The van der Waals surface area contributed by atoms with E-state index in [2.05, 4.69) is 0 Å². The van der Waals surface area contributed by atoms with Gasteiger partial charge in [-0.25, -0.2) is 0 Å². The highest BCUT2D eigenvalue weighted by Gasteiger charge is 2.07. The summed E-state index contributed by atoms with van der Waals surface area (Å²) in [7, 11) is 0. The molecule has 2 rings (SSSR count). The number of aryl methyl sites for hydroxylation is 3. The molecule has 88 valence electrons. The third kappa shape index (κ3) is 2.11. The van der Waals surface area contributed by atoms with Crippen LogP contribution >= 0.6 is 0 Å². The Hall–Kier alpha value is -1.96. The van der Waals surface area contributed by atoms with Crippen molar-refractivity contribution in [2.24, 2.45) is 0 Å². The molecule has 2 nitrogen and oxygen atoms in total. The lowest BCUT2D eigenvalue weighted by molar-refractivity contribution is 0.470. The highest BCUT2D eigenvalue weighted by atomic mass is 16.3. The molecule has 0 saturated carbocycles. The van der Waals surface area contributed by atoms with Crippen LogP contribution in [0.25, 0.3) is 11.1 Å². The lowest BCUT2D eigenvalue weighted by Crippen LogP contribution is -1.86. The van der Waals surface area contributed by atoms with Crippen molar-refractivity contribution in [1.29, 1.82) is 0 Å². The lowest BCUT2D eigenvalue weighted by Gasteiger charge is -2.10. The maximum atomic E-state index is 9.75. The van der Waals surface area contributed by atoms with E-state index in [0.717, 1.165) is 27.8 Å². The van der Waals surface area contributed by atoms with E-state index in [1.54, 1.807) is 12.1 Å². The van der Waals surface area contributed by atoms with Crippen molar-refractivity contribution in [3.05, 3.63) is 47.0 Å². The fourth-order valence-electron chi connectivity index (χ4n) is 1.93. The summed E-state index contributed by atoms with van der Waals surface area (Å²) in [5.41, 5.74) is 4.66. The molecule has 17 heavy (non-hydrogen) atoms. The zero-order valence-electron chi connectivity index (χ0n) is 10.3. The zero-order chi connectivity index (χ0) is 12.6. The SMILES string of the molecule is Cc1ccc(-c2cc(O)c(C)cc2C)cc1O. The van der Waals surface area contributed by atoms with E-state index in [1.165, 1.54) is 0 Å². The van der Waals surface area contributed by atoms with Crippen molar-refractivity contribution in [3.8, 4) is 22.6 Å². The predicted octanol–water partition coefficient (Wildman–Crippen LogP) is 3.69. The topological polar surface area (TPSA) is 40.5 Å². The quantitative estimate of drug-likeness (QED) is 0.781. The van der Waals surface area contributed by atoms with Crippen LogP contribution in [-0.4, -0.2) is 10.2 Å². The Bertz CT molecular complexity index is 571. The summed E-state index contributed by atoms with van der Waals surface area (Å²) in [6, 6.07) is 9.25. The van der Waals surface area contributed by atoms with Crippen molar-refractivity contribution in [2.75, 3.05) is 0 Å². The van der Waals surface area contributed by atoms with Crippen molar-refractivity contribution in [1.82, 2.24) is 0 Å². The van der Waals surface area contributed by atoms with Crippen LogP contribution in [0.3, 0.4) is 0 Å². The van der Waals surface area contributed by atoms with Gasteiger partial charge in [0.15, 0.2) is 0 Å². The normalized spacial score (nSPS) is 10.5. The average Bonchev–Trinajstić information content (AvgIpc) is 2.27. The molecule has 2 heteroatoms. The predicted molar refractivity (Wildman–Crippen MR) is 69.4 cm³/mol. The van der Waals surface area contributed by atoms with Gasteiger partial charge in [-0.05, 0) is 60.7 Å². The molecule has 0 atom stereocenters. The van der Waals surface area contributed by atoms with E-state index >= 15 is 0 Å². The smallest absolute Gasteiger partial charge is 0.119 e. The summed E-state index contributed by atoms with van der Waals surface area (Å²) in [5.74, 6) is 0.563. The summed E-state index contributed by atoms with van der Waals surface area (Å²) in [6.07, 6.45) is 0. The molecular formula is C15H16O2. The van der Waals surface area contributed by atoms with Gasteiger partial charge in [0.25, 0.3) is 0 Å². The van der Waals surface area contributed by atoms with Crippen LogP contribution in [-0.2, 0) is 0 Å². The molecule has 2 aromatic rings. The van der Waals surface area contributed by atoms with Crippen LogP contribution in [0.4, 0.5) is 0 Å².